The smallest absolute Gasteiger partial charge is 0.251 e. The van der Waals surface area contributed by atoms with Crippen LogP contribution in [0.25, 0.3) is 0 Å². The third-order valence-electron chi connectivity index (χ3n) is 5.62. The van der Waals surface area contributed by atoms with Gasteiger partial charge in [-0.1, -0.05) is 26.7 Å². The number of hydrogen-bond acceptors (Lipinski definition) is 5. The standard InChI is InChI=1S/C21H32N2O5/c1-13-7-6-8-16(14(13)2)23-19(24)9-10-22-21(25)15-11-17(26-3)20(28-5)18(12-15)27-4/h11-14,16H,6-10H2,1-5H3,(H,22,25)(H,23,24)/t13-,14-,16+/m0/s1. The summed E-state index contributed by atoms with van der Waals surface area (Å²) in [6, 6.07) is 3.39. The maximum absolute atomic E-state index is 12.5. The van der Waals surface area contributed by atoms with Crippen LogP contribution in [-0.2, 0) is 4.79 Å². The Balaban J connectivity index is 1.89. The van der Waals surface area contributed by atoms with Crippen molar-refractivity contribution in [1.29, 1.82) is 0 Å². The topological polar surface area (TPSA) is 85.9 Å². The summed E-state index contributed by atoms with van der Waals surface area (Å²) in [4.78, 5) is 24.7. The molecular weight excluding hydrogens is 360 g/mol. The van der Waals surface area contributed by atoms with Crippen LogP contribution in [0.2, 0.25) is 0 Å². The Morgan fingerprint density at radius 2 is 1.68 bits per heavy atom. The molecule has 1 aromatic rings. The second kappa shape index (κ2) is 10.2. The molecule has 2 N–H and O–H groups in total. The van der Waals surface area contributed by atoms with Gasteiger partial charge in [-0.2, -0.15) is 0 Å². The molecule has 156 valence electrons. The third kappa shape index (κ3) is 5.30. The van der Waals surface area contributed by atoms with E-state index in [0.29, 0.717) is 34.6 Å². The average Bonchev–Trinajstić information content (AvgIpc) is 2.70. The molecule has 0 spiro atoms. The molecule has 0 bridgehead atoms. The van der Waals surface area contributed by atoms with Crippen LogP contribution in [0.15, 0.2) is 12.1 Å². The molecule has 7 heteroatoms. The molecular formula is C21H32N2O5. The van der Waals surface area contributed by atoms with Crippen LogP contribution < -0.4 is 24.8 Å². The van der Waals surface area contributed by atoms with E-state index in [1.165, 1.54) is 27.8 Å². The first-order valence-corrected chi connectivity index (χ1v) is 9.78. The molecule has 0 aliphatic heterocycles. The molecule has 28 heavy (non-hydrogen) atoms. The number of hydrogen-bond donors (Lipinski definition) is 2. The van der Waals surface area contributed by atoms with Gasteiger partial charge in [0.05, 0.1) is 21.3 Å². The van der Waals surface area contributed by atoms with Gasteiger partial charge in [-0.15, -0.1) is 0 Å². The van der Waals surface area contributed by atoms with E-state index in [9.17, 15) is 9.59 Å². The van der Waals surface area contributed by atoms with Gasteiger partial charge in [0.25, 0.3) is 5.91 Å². The summed E-state index contributed by atoms with van der Waals surface area (Å²) in [6.07, 6.45) is 3.63. The van der Waals surface area contributed by atoms with Gasteiger partial charge in [0.2, 0.25) is 11.7 Å². The molecule has 1 aliphatic carbocycles. The second-order valence-corrected chi connectivity index (χ2v) is 7.36. The summed E-state index contributed by atoms with van der Waals surface area (Å²) in [5.74, 6) is 2.01. The van der Waals surface area contributed by atoms with Crippen molar-refractivity contribution in [3.8, 4) is 17.2 Å². The van der Waals surface area contributed by atoms with Crippen molar-refractivity contribution < 1.29 is 23.8 Å². The van der Waals surface area contributed by atoms with Crippen LogP contribution >= 0.6 is 0 Å². The lowest BCUT2D eigenvalue weighted by Gasteiger charge is -2.34. The molecule has 2 rings (SSSR count). The Morgan fingerprint density at radius 3 is 2.25 bits per heavy atom. The Bertz CT molecular complexity index is 666. The first-order valence-electron chi connectivity index (χ1n) is 9.78. The number of carbonyl (C=O) groups is 2. The molecule has 3 atom stereocenters. The van der Waals surface area contributed by atoms with Crippen molar-refractivity contribution in [1.82, 2.24) is 10.6 Å². The SMILES string of the molecule is COc1cc(C(=O)NCCC(=O)N[C@@H]2CCC[C@H](C)[C@@H]2C)cc(OC)c1OC. The van der Waals surface area contributed by atoms with Crippen molar-refractivity contribution in [3.63, 3.8) is 0 Å². The van der Waals surface area contributed by atoms with E-state index >= 15 is 0 Å². The molecule has 1 aromatic carbocycles. The van der Waals surface area contributed by atoms with Crippen LogP contribution in [0.5, 0.6) is 17.2 Å². The number of methoxy groups -OCH3 is 3. The summed E-state index contributed by atoms with van der Waals surface area (Å²) in [6.45, 7) is 4.69. The van der Waals surface area contributed by atoms with Gasteiger partial charge >= 0.3 is 0 Å². The van der Waals surface area contributed by atoms with Crippen molar-refractivity contribution >= 4 is 11.8 Å². The van der Waals surface area contributed by atoms with Gasteiger partial charge < -0.3 is 24.8 Å². The molecule has 0 unspecified atom stereocenters. The second-order valence-electron chi connectivity index (χ2n) is 7.36. The zero-order valence-electron chi connectivity index (χ0n) is 17.5. The van der Waals surface area contributed by atoms with E-state index in [2.05, 4.69) is 24.5 Å². The first kappa shape index (κ1) is 21.9. The van der Waals surface area contributed by atoms with Crippen molar-refractivity contribution in [2.24, 2.45) is 11.8 Å². The predicted molar refractivity (Wildman–Crippen MR) is 107 cm³/mol. The minimum Gasteiger partial charge on any atom is -0.493 e. The van der Waals surface area contributed by atoms with Crippen LogP contribution in [0.4, 0.5) is 0 Å². The number of rotatable bonds is 8. The fourth-order valence-electron chi connectivity index (χ4n) is 3.67. The maximum Gasteiger partial charge on any atom is 0.251 e. The quantitative estimate of drug-likeness (QED) is 0.710. The Labute approximate surface area is 167 Å². The third-order valence-corrected chi connectivity index (χ3v) is 5.62. The van der Waals surface area contributed by atoms with Crippen LogP contribution in [-0.4, -0.2) is 45.7 Å². The van der Waals surface area contributed by atoms with Gasteiger partial charge in [0.1, 0.15) is 0 Å². The number of ether oxygens (including phenoxy) is 3. The lowest BCUT2D eigenvalue weighted by molar-refractivity contribution is -0.122. The lowest BCUT2D eigenvalue weighted by atomic mass is 9.78. The zero-order chi connectivity index (χ0) is 20.7. The maximum atomic E-state index is 12.5. The molecule has 0 aromatic heterocycles. The normalized spacial score (nSPS) is 21.5. The van der Waals surface area contributed by atoms with Crippen molar-refractivity contribution in [2.75, 3.05) is 27.9 Å². The summed E-state index contributed by atoms with van der Waals surface area (Å²) < 4.78 is 15.8. The Hall–Kier alpha value is -2.44. The van der Waals surface area contributed by atoms with Gasteiger partial charge in [-0.25, -0.2) is 0 Å². The Morgan fingerprint density at radius 1 is 1.04 bits per heavy atom. The molecule has 0 saturated heterocycles. The first-order chi connectivity index (χ1) is 13.4. The highest BCUT2D eigenvalue weighted by atomic mass is 16.5. The van der Waals surface area contributed by atoms with Crippen LogP contribution in [0.3, 0.4) is 0 Å². The monoisotopic (exact) mass is 392 g/mol. The fourth-order valence-corrected chi connectivity index (χ4v) is 3.67. The van der Waals surface area contributed by atoms with Gasteiger partial charge in [0.15, 0.2) is 11.5 Å². The molecule has 2 amide bonds. The van der Waals surface area contributed by atoms with Crippen LogP contribution in [0, 0.1) is 11.8 Å². The van der Waals surface area contributed by atoms with E-state index in [1.807, 2.05) is 0 Å². The summed E-state index contributed by atoms with van der Waals surface area (Å²) in [5.41, 5.74) is 0.379. The summed E-state index contributed by atoms with van der Waals surface area (Å²) >= 11 is 0. The highest BCUT2D eigenvalue weighted by Gasteiger charge is 2.28. The lowest BCUT2D eigenvalue weighted by Crippen LogP contribution is -2.44. The average molecular weight is 392 g/mol. The van der Waals surface area contributed by atoms with Gasteiger partial charge in [-0.05, 0) is 30.4 Å². The molecule has 1 fully saturated rings. The fraction of sp³-hybridized carbons (Fsp3) is 0.619. The molecule has 0 heterocycles. The van der Waals surface area contributed by atoms with E-state index in [0.717, 1.165) is 12.8 Å². The predicted octanol–water partition coefficient (Wildman–Crippen LogP) is 2.77. The molecule has 0 radical (unpaired) electrons. The van der Waals surface area contributed by atoms with Crippen molar-refractivity contribution in [3.05, 3.63) is 17.7 Å². The van der Waals surface area contributed by atoms with Crippen LogP contribution in [0.1, 0.15) is 49.9 Å². The molecule has 7 nitrogen and oxygen atoms in total. The number of amides is 2. The van der Waals surface area contributed by atoms with E-state index in [4.69, 9.17) is 14.2 Å². The highest BCUT2D eigenvalue weighted by Crippen LogP contribution is 2.38. The summed E-state index contributed by atoms with van der Waals surface area (Å²) in [5, 5.41) is 5.89. The largest absolute Gasteiger partial charge is 0.493 e. The summed E-state index contributed by atoms with van der Waals surface area (Å²) in [7, 11) is 4.50. The number of carbonyl (C=O) groups excluding carboxylic acids is 2. The molecule has 1 saturated carbocycles. The van der Waals surface area contributed by atoms with E-state index < -0.39 is 0 Å². The zero-order valence-corrected chi connectivity index (χ0v) is 17.5. The van der Waals surface area contributed by atoms with E-state index in [1.54, 1.807) is 12.1 Å². The van der Waals surface area contributed by atoms with E-state index in [-0.39, 0.29) is 30.8 Å². The minimum absolute atomic E-state index is 0.0313. The minimum atomic E-state index is -0.299. The van der Waals surface area contributed by atoms with Gasteiger partial charge in [0, 0.05) is 24.6 Å². The highest BCUT2D eigenvalue weighted by molar-refractivity contribution is 5.95. The Kier molecular flexibility index (Phi) is 7.96. The molecule has 1 aliphatic rings. The van der Waals surface area contributed by atoms with Crippen molar-refractivity contribution in [2.45, 2.75) is 45.6 Å². The number of benzene rings is 1. The number of nitrogens with one attached hydrogen (secondary N) is 2. The van der Waals surface area contributed by atoms with Gasteiger partial charge in [-0.3, -0.25) is 9.59 Å².